The molecule has 0 bridgehead atoms. The average Bonchev–Trinajstić information content (AvgIpc) is 2.79. The molecule has 0 unspecified atom stereocenters. The number of anilines is 1. The fourth-order valence-electron chi connectivity index (χ4n) is 1.63. The van der Waals surface area contributed by atoms with Crippen LogP contribution in [0.3, 0.4) is 0 Å². The van der Waals surface area contributed by atoms with Crippen molar-refractivity contribution in [2.45, 2.75) is 25.4 Å². The minimum atomic E-state index is -3.81. The first-order valence-corrected chi connectivity index (χ1v) is 7.57. The monoisotopic (exact) mass is 296 g/mol. The summed E-state index contributed by atoms with van der Waals surface area (Å²) in [7, 11) is -3.81. The second-order valence-electron chi connectivity index (χ2n) is 4.09. The van der Waals surface area contributed by atoms with Crippen molar-refractivity contribution in [3.8, 4) is 0 Å². The van der Waals surface area contributed by atoms with Crippen LogP contribution in [-0.4, -0.2) is 35.1 Å². The van der Waals surface area contributed by atoms with E-state index in [0.717, 1.165) is 6.54 Å². The number of nitrogens with one attached hydrogen (secondary N) is 3. The molecule has 0 radical (unpaired) electrons. The van der Waals surface area contributed by atoms with Crippen LogP contribution in [0.1, 0.15) is 18.2 Å². The SMILES string of the molecule is CCNCc1c(S(=O)(=O)Nc2ncccn2)n[nH]c1C. The Balaban J connectivity index is 2.30. The first-order valence-electron chi connectivity index (χ1n) is 6.09. The zero-order valence-electron chi connectivity index (χ0n) is 11.2. The number of hydrogen-bond acceptors (Lipinski definition) is 6. The van der Waals surface area contributed by atoms with Crippen molar-refractivity contribution >= 4 is 16.0 Å². The number of aromatic amines is 1. The minimum absolute atomic E-state index is 0.0163. The summed E-state index contributed by atoms with van der Waals surface area (Å²) < 4.78 is 26.9. The molecule has 2 heterocycles. The molecular weight excluding hydrogens is 280 g/mol. The normalized spacial score (nSPS) is 11.5. The highest BCUT2D eigenvalue weighted by Gasteiger charge is 2.24. The maximum atomic E-state index is 12.3. The third kappa shape index (κ3) is 3.11. The molecule has 0 saturated heterocycles. The molecule has 108 valence electrons. The summed E-state index contributed by atoms with van der Waals surface area (Å²) in [5.41, 5.74) is 1.32. The highest BCUT2D eigenvalue weighted by Crippen LogP contribution is 2.18. The molecule has 0 saturated carbocycles. The molecule has 0 fully saturated rings. The van der Waals surface area contributed by atoms with E-state index >= 15 is 0 Å². The van der Waals surface area contributed by atoms with E-state index in [0.29, 0.717) is 17.8 Å². The van der Waals surface area contributed by atoms with Gasteiger partial charge in [0, 0.05) is 30.2 Å². The molecule has 0 aliphatic heterocycles. The smallest absolute Gasteiger partial charge is 0.283 e. The Hall–Kier alpha value is -2.00. The summed E-state index contributed by atoms with van der Waals surface area (Å²) in [4.78, 5) is 7.67. The third-order valence-corrected chi connectivity index (χ3v) is 3.93. The molecule has 2 aromatic heterocycles. The van der Waals surface area contributed by atoms with Gasteiger partial charge in [-0.2, -0.15) is 13.5 Å². The maximum absolute atomic E-state index is 12.3. The van der Waals surface area contributed by atoms with E-state index in [1.807, 2.05) is 6.92 Å². The number of rotatable bonds is 6. The lowest BCUT2D eigenvalue weighted by atomic mass is 10.2. The maximum Gasteiger partial charge on any atom is 0.283 e. The molecule has 0 spiro atoms. The van der Waals surface area contributed by atoms with Gasteiger partial charge in [0.2, 0.25) is 11.0 Å². The Kier molecular flexibility index (Phi) is 4.30. The third-order valence-electron chi connectivity index (χ3n) is 2.63. The molecule has 0 aliphatic carbocycles. The van der Waals surface area contributed by atoms with Crippen molar-refractivity contribution in [2.75, 3.05) is 11.3 Å². The molecule has 0 aliphatic rings. The Morgan fingerprint density at radius 2 is 2.00 bits per heavy atom. The summed E-state index contributed by atoms with van der Waals surface area (Å²) in [6, 6.07) is 1.60. The van der Waals surface area contributed by atoms with Crippen LogP contribution in [0.25, 0.3) is 0 Å². The van der Waals surface area contributed by atoms with Crippen LogP contribution in [-0.2, 0) is 16.6 Å². The molecule has 2 aromatic rings. The number of aryl methyl sites for hydroxylation is 1. The highest BCUT2D eigenvalue weighted by molar-refractivity contribution is 7.92. The molecule has 0 amide bonds. The van der Waals surface area contributed by atoms with E-state index in [1.54, 1.807) is 13.0 Å². The van der Waals surface area contributed by atoms with E-state index < -0.39 is 10.0 Å². The number of H-pyrrole nitrogens is 1. The largest absolute Gasteiger partial charge is 0.313 e. The second kappa shape index (κ2) is 5.97. The van der Waals surface area contributed by atoms with Gasteiger partial charge < -0.3 is 5.32 Å². The second-order valence-corrected chi connectivity index (χ2v) is 5.69. The predicted octanol–water partition coefficient (Wildman–Crippen LogP) is 0.418. The lowest BCUT2D eigenvalue weighted by Gasteiger charge is -2.07. The van der Waals surface area contributed by atoms with E-state index in [2.05, 4.69) is 30.2 Å². The standard InChI is InChI=1S/C11H16N6O2S/c1-3-12-7-9-8(2)15-16-10(9)20(18,19)17-11-13-5-4-6-14-11/h4-6,12H,3,7H2,1-2H3,(H,15,16)(H,13,14,17). The first kappa shape index (κ1) is 14.4. The lowest BCUT2D eigenvalue weighted by molar-refractivity contribution is 0.593. The van der Waals surface area contributed by atoms with Crippen molar-refractivity contribution in [1.82, 2.24) is 25.5 Å². The van der Waals surface area contributed by atoms with Crippen LogP contribution < -0.4 is 10.0 Å². The molecule has 9 heteroatoms. The average molecular weight is 296 g/mol. The van der Waals surface area contributed by atoms with Gasteiger partial charge in [0.15, 0.2) is 0 Å². The Morgan fingerprint density at radius 3 is 2.65 bits per heavy atom. The molecule has 0 aromatic carbocycles. The molecule has 20 heavy (non-hydrogen) atoms. The van der Waals surface area contributed by atoms with Crippen molar-refractivity contribution < 1.29 is 8.42 Å². The topological polar surface area (TPSA) is 113 Å². The molecule has 8 nitrogen and oxygen atoms in total. The molecule has 0 atom stereocenters. The quantitative estimate of drug-likeness (QED) is 0.712. The molecule has 3 N–H and O–H groups in total. The van der Waals surface area contributed by atoms with E-state index in [-0.39, 0.29) is 11.0 Å². The van der Waals surface area contributed by atoms with Crippen LogP contribution >= 0.6 is 0 Å². The van der Waals surface area contributed by atoms with Gasteiger partial charge >= 0.3 is 0 Å². The van der Waals surface area contributed by atoms with E-state index in [4.69, 9.17) is 0 Å². The summed E-state index contributed by atoms with van der Waals surface area (Å²) in [5, 5.41) is 9.60. The van der Waals surface area contributed by atoms with Gasteiger partial charge in [0.1, 0.15) is 0 Å². The van der Waals surface area contributed by atoms with Gasteiger partial charge in [-0.1, -0.05) is 6.92 Å². The van der Waals surface area contributed by atoms with Gasteiger partial charge in [0.05, 0.1) is 0 Å². The Morgan fingerprint density at radius 1 is 1.30 bits per heavy atom. The summed E-state index contributed by atoms with van der Waals surface area (Å²) >= 11 is 0. The Bertz CT molecular complexity index is 667. The lowest BCUT2D eigenvalue weighted by Crippen LogP contribution is -2.19. The van der Waals surface area contributed by atoms with E-state index in [9.17, 15) is 8.42 Å². The van der Waals surface area contributed by atoms with Crippen LogP contribution in [0.4, 0.5) is 5.95 Å². The van der Waals surface area contributed by atoms with Crippen molar-refractivity contribution in [1.29, 1.82) is 0 Å². The highest BCUT2D eigenvalue weighted by atomic mass is 32.2. The fourth-order valence-corrected chi connectivity index (χ4v) is 2.79. The predicted molar refractivity (Wildman–Crippen MR) is 73.5 cm³/mol. The van der Waals surface area contributed by atoms with Crippen LogP contribution in [0.15, 0.2) is 23.5 Å². The van der Waals surface area contributed by atoms with E-state index in [1.165, 1.54) is 12.4 Å². The van der Waals surface area contributed by atoms with Crippen molar-refractivity contribution in [3.63, 3.8) is 0 Å². The number of nitrogens with zero attached hydrogens (tertiary/aromatic N) is 3. The van der Waals surface area contributed by atoms with Gasteiger partial charge in [0.25, 0.3) is 10.0 Å². The summed E-state index contributed by atoms with van der Waals surface area (Å²) in [6.07, 6.45) is 2.92. The van der Waals surface area contributed by atoms with Gasteiger partial charge in [-0.15, -0.1) is 0 Å². The van der Waals surface area contributed by atoms with Crippen LogP contribution in [0.2, 0.25) is 0 Å². The zero-order valence-corrected chi connectivity index (χ0v) is 12.0. The van der Waals surface area contributed by atoms with Gasteiger partial charge in [-0.05, 0) is 19.5 Å². The first-order chi connectivity index (χ1) is 9.54. The van der Waals surface area contributed by atoms with Crippen molar-refractivity contribution in [3.05, 3.63) is 29.7 Å². The fraction of sp³-hybridized carbons (Fsp3) is 0.364. The summed E-state index contributed by atoms with van der Waals surface area (Å²) in [6.45, 7) is 4.88. The molecular formula is C11H16N6O2S. The number of hydrogen-bond donors (Lipinski definition) is 3. The number of sulfonamides is 1. The summed E-state index contributed by atoms with van der Waals surface area (Å²) in [5.74, 6) is 0.0163. The minimum Gasteiger partial charge on any atom is -0.313 e. The zero-order chi connectivity index (χ0) is 14.6. The van der Waals surface area contributed by atoms with Crippen LogP contribution in [0, 0.1) is 6.92 Å². The Labute approximate surface area is 117 Å². The van der Waals surface area contributed by atoms with Gasteiger partial charge in [-0.25, -0.2) is 14.7 Å². The van der Waals surface area contributed by atoms with Crippen molar-refractivity contribution in [2.24, 2.45) is 0 Å². The van der Waals surface area contributed by atoms with Gasteiger partial charge in [-0.3, -0.25) is 5.10 Å². The number of aromatic nitrogens is 4. The van der Waals surface area contributed by atoms with Crippen LogP contribution in [0.5, 0.6) is 0 Å². The molecule has 2 rings (SSSR count).